The van der Waals surface area contributed by atoms with Gasteiger partial charge in [-0.25, -0.2) is 4.98 Å². The largest absolute Gasteiger partial charge is 0.353 e. The number of aromatic nitrogens is 1. The van der Waals surface area contributed by atoms with E-state index in [2.05, 4.69) is 42.2 Å². The normalized spacial score (nSPS) is 14.8. The van der Waals surface area contributed by atoms with Crippen molar-refractivity contribution in [1.29, 1.82) is 0 Å². The Labute approximate surface area is 114 Å². The molecule has 0 radical (unpaired) electrons. The summed E-state index contributed by atoms with van der Waals surface area (Å²) in [5, 5.41) is 2.50. The molecule has 2 aromatic rings. The average molecular weight is 255 g/mol. The second kappa shape index (κ2) is 5.17. The molecule has 3 nitrogen and oxygen atoms in total. The third-order valence-electron chi connectivity index (χ3n) is 3.71. The molecule has 0 bridgehead atoms. The van der Waals surface area contributed by atoms with Crippen LogP contribution in [0, 0.1) is 0 Å². The van der Waals surface area contributed by atoms with Gasteiger partial charge in [0.05, 0.1) is 5.69 Å². The molecular weight excluding hydrogens is 234 g/mol. The zero-order chi connectivity index (χ0) is 13.2. The molecule has 0 amide bonds. The van der Waals surface area contributed by atoms with Crippen LogP contribution in [0.1, 0.15) is 31.9 Å². The monoisotopic (exact) mass is 255 g/mol. The van der Waals surface area contributed by atoms with Gasteiger partial charge in [-0.05, 0) is 30.7 Å². The van der Waals surface area contributed by atoms with Crippen LogP contribution >= 0.6 is 0 Å². The average Bonchev–Trinajstić information content (AvgIpc) is 3.28. The summed E-state index contributed by atoms with van der Waals surface area (Å²) in [7, 11) is 0. The van der Waals surface area contributed by atoms with E-state index in [-0.39, 0.29) is 0 Å². The summed E-state index contributed by atoms with van der Waals surface area (Å²) in [5.41, 5.74) is 6.78. The van der Waals surface area contributed by atoms with Crippen LogP contribution in [0.2, 0.25) is 0 Å². The molecular formula is C16H21N3. The molecule has 3 rings (SSSR count). The van der Waals surface area contributed by atoms with E-state index in [0.29, 0.717) is 12.6 Å². The van der Waals surface area contributed by atoms with Crippen LogP contribution in [0.3, 0.4) is 0 Å². The Kier molecular flexibility index (Phi) is 3.38. The molecule has 1 saturated carbocycles. The van der Waals surface area contributed by atoms with Gasteiger partial charge in [0.2, 0.25) is 0 Å². The molecule has 3 heteroatoms. The highest BCUT2D eigenvalue weighted by atomic mass is 15.2. The van der Waals surface area contributed by atoms with E-state index in [1.165, 1.54) is 23.6 Å². The van der Waals surface area contributed by atoms with Crippen molar-refractivity contribution in [1.82, 2.24) is 4.98 Å². The summed E-state index contributed by atoms with van der Waals surface area (Å²) in [4.78, 5) is 7.27. The van der Waals surface area contributed by atoms with Gasteiger partial charge in [-0.15, -0.1) is 0 Å². The third-order valence-corrected chi connectivity index (χ3v) is 3.71. The van der Waals surface area contributed by atoms with Crippen molar-refractivity contribution in [3.63, 3.8) is 0 Å². The fraction of sp³-hybridized carbons (Fsp3) is 0.438. The van der Waals surface area contributed by atoms with E-state index in [1.54, 1.807) is 0 Å². The number of nitrogens with zero attached hydrogens (tertiary/aromatic N) is 2. The van der Waals surface area contributed by atoms with Crippen LogP contribution in [0.25, 0.3) is 10.8 Å². The van der Waals surface area contributed by atoms with Gasteiger partial charge in [-0.2, -0.15) is 0 Å². The van der Waals surface area contributed by atoms with E-state index in [9.17, 15) is 0 Å². The topological polar surface area (TPSA) is 42.2 Å². The van der Waals surface area contributed by atoms with Crippen molar-refractivity contribution >= 4 is 16.6 Å². The minimum atomic E-state index is 0.502. The smallest absolute Gasteiger partial charge is 0.137 e. The lowest BCUT2D eigenvalue weighted by Gasteiger charge is -2.25. The Hall–Kier alpha value is -1.61. The van der Waals surface area contributed by atoms with Crippen molar-refractivity contribution in [2.45, 2.75) is 38.8 Å². The highest BCUT2D eigenvalue weighted by molar-refractivity contribution is 5.92. The molecule has 1 aliphatic rings. The summed E-state index contributed by atoms with van der Waals surface area (Å²) in [6.07, 6.45) is 3.74. The van der Waals surface area contributed by atoms with Crippen molar-refractivity contribution in [3.8, 4) is 0 Å². The zero-order valence-corrected chi connectivity index (χ0v) is 11.5. The van der Waals surface area contributed by atoms with Crippen molar-refractivity contribution in [2.24, 2.45) is 5.73 Å². The first-order valence-corrected chi connectivity index (χ1v) is 7.19. The molecule has 100 valence electrons. The fourth-order valence-electron chi connectivity index (χ4n) is 2.65. The summed E-state index contributed by atoms with van der Waals surface area (Å²) in [5.74, 6) is 1.13. The van der Waals surface area contributed by atoms with Crippen molar-refractivity contribution < 1.29 is 0 Å². The van der Waals surface area contributed by atoms with Crippen LogP contribution in [0.15, 0.2) is 30.3 Å². The van der Waals surface area contributed by atoms with Gasteiger partial charge in [0, 0.05) is 24.5 Å². The summed E-state index contributed by atoms with van der Waals surface area (Å²) >= 11 is 0. The van der Waals surface area contributed by atoms with E-state index in [1.807, 2.05) is 0 Å². The molecule has 0 unspecified atom stereocenters. The predicted octanol–water partition coefficient (Wildman–Crippen LogP) is 3.07. The Balaban J connectivity index is 2.13. The number of benzene rings is 1. The maximum absolute atomic E-state index is 5.79. The number of pyridine rings is 1. The third kappa shape index (κ3) is 2.43. The number of rotatable bonds is 5. The second-order valence-electron chi connectivity index (χ2n) is 5.29. The first-order chi connectivity index (χ1) is 9.33. The lowest BCUT2D eigenvalue weighted by atomic mass is 10.1. The van der Waals surface area contributed by atoms with Crippen molar-refractivity contribution in [2.75, 3.05) is 11.4 Å². The van der Waals surface area contributed by atoms with Crippen LogP contribution < -0.4 is 10.6 Å². The SMILES string of the molecule is CCCN(c1nc(CN)cc2ccccc12)C1CC1. The first-order valence-electron chi connectivity index (χ1n) is 7.19. The Morgan fingerprint density at radius 2 is 2.11 bits per heavy atom. The standard InChI is InChI=1S/C16H21N3/c1-2-9-19(14-7-8-14)16-15-6-4-3-5-12(15)10-13(11-17)18-16/h3-6,10,14H,2,7-9,11,17H2,1H3. The molecule has 1 aromatic carbocycles. The maximum Gasteiger partial charge on any atom is 0.137 e. The quantitative estimate of drug-likeness (QED) is 0.892. The lowest BCUT2D eigenvalue weighted by molar-refractivity contribution is 0.750. The van der Waals surface area contributed by atoms with Crippen LogP contribution in [-0.2, 0) is 6.54 Å². The van der Waals surface area contributed by atoms with Gasteiger partial charge in [-0.3, -0.25) is 0 Å². The zero-order valence-electron chi connectivity index (χ0n) is 11.5. The van der Waals surface area contributed by atoms with E-state index >= 15 is 0 Å². The summed E-state index contributed by atoms with van der Waals surface area (Å²) in [6.45, 7) is 3.81. The van der Waals surface area contributed by atoms with Gasteiger partial charge in [-0.1, -0.05) is 31.2 Å². The lowest BCUT2D eigenvalue weighted by Crippen LogP contribution is -2.28. The van der Waals surface area contributed by atoms with Gasteiger partial charge in [0.15, 0.2) is 0 Å². The summed E-state index contributed by atoms with van der Waals surface area (Å²) in [6, 6.07) is 11.3. The van der Waals surface area contributed by atoms with Gasteiger partial charge in [0.1, 0.15) is 5.82 Å². The first kappa shape index (κ1) is 12.4. The number of hydrogen-bond acceptors (Lipinski definition) is 3. The molecule has 0 aliphatic heterocycles. The number of anilines is 1. The highest BCUT2D eigenvalue weighted by Crippen LogP contribution is 2.34. The van der Waals surface area contributed by atoms with Crippen LogP contribution in [0.4, 0.5) is 5.82 Å². The Morgan fingerprint density at radius 1 is 1.32 bits per heavy atom. The molecule has 0 spiro atoms. The summed E-state index contributed by atoms with van der Waals surface area (Å²) < 4.78 is 0. The number of hydrogen-bond donors (Lipinski definition) is 1. The maximum atomic E-state index is 5.79. The Bertz CT molecular complexity index is 575. The van der Waals surface area contributed by atoms with Gasteiger partial charge >= 0.3 is 0 Å². The minimum Gasteiger partial charge on any atom is -0.353 e. The second-order valence-corrected chi connectivity index (χ2v) is 5.29. The minimum absolute atomic E-state index is 0.502. The Morgan fingerprint density at radius 3 is 2.79 bits per heavy atom. The molecule has 2 N–H and O–H groups in total. The van der Waals surface area contributed by atoms with Crippen molar-refractivity contribution in [3.05, 3.63) is 36.0 Å². The molecule has 0 saturated heterocycles. The van der Waals surface area contributed by atoms with Crippen LogP contribution in [-0.4, -0.2) is 17.6 Å². The highest BCUT2D eigenvalue weighted by Gasteiger charge is 2.30. The molecule has 1 aliphatic carbocycles. The molecule has 1 fully saturated rings. The fourth-order valence-corrected chi connectivity index (χ4v) is 2.65. The predicted molar refractivity (Wildman–Crippen MR) is 80.3 cm³/mol. The van der Waals surface area contributed by atoms with Gasteiger partial charge in [0.25, 0.3) is 0 Å². The van der Waals surface area contributed by atoms with E-state index in [0.717, 1.165) is 24.5 Å². The van der Waals surface area contributed by atoms with E-state index < -0.39 is 0 Å². The van der Waals surface area contributed by atoms with Crippen LogP contribution in [0.5, 0.6) is 0 Å². The molecule has 0 atom stereocenters. The molecule has 19 heavy (non-hydrogen) atoms. The number of nitrogens with two attached hydrogens (primary N) is 1. The van der Waals surface area contributed by atoms with Gasteiger partial charge < -0.3 is 10.6 Å². The molecule has 1 heterocycles. The number of fused-ring (bicyclic) bond motifs is 1. The molecule has 1 aromatic heterocycles. The van der Waals surface area contributed by atoms with E-state index in [4.69, 9.17) is 10.7 Å².